The maximum absolute atomic E-state index is 6.78. The summed E-state index contributed by atoms with van der Waals surface area (Å²) in [4.78, 5) is 4.86. The van der Waals surface area contributed by atoms with Gasteiger partial charge in [0.15, 0.2) is 0 Å². The maximum atomic E-state index is 6.78. The molecule has 0 aliphatic heterocycles. The molecular weight excluding hydrogens is 361 g/mol. The molecule has 0 saturated heterocycles. The molecule has 26 heavy (non-hydrogen) atoms. The Labute approximate surface area is 162 Å². The van der Waals surface area contributed by atoms with E-state index in [4.69, 9.17) is 28.2 Å². The van der Waals surface area contributed by atoms with Crippen LogP contribution in [0.15, 0.2) is 91.0 Å². The molecule has 4 aromatic rings. The van der Waals surface area contributed by atoms with Crippen molar-refractivity contribution in [2.75, 3.05) is 0 Å². The normalized spacial score (nSPS) is 10.7. The molecule has 0 saturated carbocycles. The van der Waals surface area contributed by atoms with Gasteiger partial charge in [-0.1, -0.05) is 96.0 Å². The molecular formula is C23H15Cl2N. The van der Waals surface area contributed by atoms with Crippen LogP contribution in [0.1, 0.15) is 0 Å². The number of aromatic nitrogens is 1. The third-order valence-corrected chi connectivity index (χ3v) is 4.86. The molecule has 1 aromatic heterocycles. The van der Waals surface area contributed by atoms with Crippen LogP contribution in [0.25, 0.3) is 33.6 Å². The third kappa shape index (κ3) is 3.37. The number of rotatable bonds is 3. The van der Waals surface area contributed by atoms with Gasteiger partial charge in [0, 0.05) is 21.7 Å². The highest BCUT2D eigenvalue weighted by molar-refractivity contribution is 6.36. The van der Waals surface area contributed by atoms with Crippen LogP contribution in [-0.2, 0) is 0 Å². The van der Waals surface area contributed by atoms with E-state index in [9.17, 15) is 0 Å². The predicted molar refractivity (Wildman–Crippen MR) is 111 cm³/mol. The molecule has 0 N–H and O–H groups in total. The lowest BCUT2D eigenvalue weighted by atomic mass is 10.00. The molecule has 0 aliphatic carbocycles. The Kier molecular flexibility index (Phi) is 4.75. The Morgan fingerprint density at radius 1 is 0.577 bits per heavy atom. The average molecular weight is 376 g/mol. The highest BCUT2D eigenvalue weighted by Gasteiger charge is 2.15. The van der Waals surface area contributed by atoms with Crippen LogP contribution in [0.2, 0.25) is 10.0 Å². The highest BCUT2D eigenvalue weighted by atomic mass is 35.5. The lowest BCUT2D eigenvalue weighted by Gasteiger charge is -2.13. The lowest BCUT2D eigenvalue weighted by molar-refractivity contribution is 1.32. The highest BCUT2D eigenvalue weighted by Crippen LogP contribution is 2.38. The summed E-state index contributed by atoms with van der Waals surface area (Å²) in [6.45, 7) is 0. The number of halogens is 2. The lowest BCUT2D eigenvalue weighted by Crippen LogP contribution is -1.93. The van der Waals surface area contributed by atoms with E-state index in [2.05, 4.69) is 12.1 Å². The largest absolute Gasteiger partial charge is 0.246 e. The van der Waals surface area contributed by atoms with E-state index in [0.29, 0.717) is 10.0 Å². The van der Waals surface area contributed by atoms with Crippen molar-refractivity contribution in [1.29, 1.82) is 0 Å². The van der Waals surface area contributed by atoms with E-state index in [0.717, 1.165) is 33.6 Å². The van der Waals surface area contributed by atoms with Crippen LogP contribution in [-0.4, -0.2) is 4.98 Å². The molecule has 0 amide bonds. The summed E-state index contributed by atoms with van der Waals surface area (Å²) in [7, 11) is 0. The molecule has 1 heterocycles. The Bertz CT molecular complexity index is 1030. The SMILES string of the molecule is Clc1ccc(-c2cc(-c3ccccc3)nc(-c3ccccc3)c2Cl)cc1. The summed E-state index contributed by atoms with van der Waals surface area (Å²) in [5, 5.41) is 1.34. The number of nitrogens with zero attached hydrogens (tertiary/aromatic N) is 1. The summed E-state index contributed by atoms with van der Waals surface area (Å²) >= 11 is 12.8. The van der Waals surface area contributed by atoms with Gasteiger partial charge in [-0.05, 0) is 23.8 Å². The van der Waals surface area contributed by atoms with Crippen molar-refractivity contribution in [2.45, 2.75) is 0 Å². The first-order valence-corrected chi connectivity index (χ1v) is 9.05. The van der Waals surface area contributed by atoms with Crippen LogP contribution >= 0.6 is 23.2 Å². The van der Waals surface area contributed by atoms with Gasteiger partial charge < -0.3 is 0 Å². The molecule has 0 spiro atoms. The second-order valence-corrected chi connectivity index (χ2v) is 6.77. The van der Waals surface area contributed by atoms with Gasteiger partial charge in [-0.3, -0.25) is 0 Å². The molecule has 126 valence electrons. The fraction of sp³-hybridized carbons (Fsp3) is 0. The van der Waals surface area contributed by atoms with Crippen LogP contribution in [0.5, 0.6) is 0 Å². The number of pyridine rings is 1. The predicted octanol–water partition coefficient (Wildman–Crippen LogP) is 7.39. The summed E-state index contributed by atoms with van der Waals surface area (Å²) in [5.74, 6) is 0. The maximum Gasteiger partial charge on any atom is 0.0901 e. The minimum atomic E-state index is 0.637. The number of hydrogen-bond acceptors (Lipinski definition) is 1. The van der Waals surface area contributed by atoms with Crippen molar-refractivity contribution in [1.82, 2.24) is 4.98 Å². The van der Waals surface area contributed by atoms with E-state index in [1.54, 1.807) is 0 Å². The molecule has 0 radical (unpaired) electrons. The monoisotopic (exact) mass is 375 g/mol. The van der Waals surface area contributed by atoms with Gasteiger partial charge in [0.2, 0.25) is 0 Å². The van der Waals surface area contributed by atoms with Crippen molar-refractivity contribution in [3.63, 3.8) is 0 Å². The zero-order chi connectivity index (χ0) is 17.9. The first kappa shape index (κ1) is 16.8. The topological polar surface area (TPSA) is 12.9 Å². The standard InChI is InChI=1S/C23H15Cl2N/c24-19-13-11-16(12-14-19)20-15-21(17-7-3-1-4-8-17)26-23(22(20)25)18-9-5-2-6-10-18/h1-15H. The van der Waals surface area contributed by atoms with Gasteiger partial charge in [-0.15, -0.1) is 0 Å². The smallest absolute Gasteiger partial charge is 0.0901 e. The molecule has 0 atom stereocenters. The molecule has 1 nitrogen and oxygen atoms in total. The minimum absolute atomic E-state index is 0.637. The summed E-state index contributed by atoms with van der Waals surface area (Å²) in [6, 6.07) is 29.9. The van der Waals surface area contributed by atoms with Crippen molar-refractivity contribution in [2.24, 2.45) is 0 Å². The Morgan fingerprint density at radius 3 is 1.77 bits per heavy atom. The zero-order valence-electron chi connectivity index (χ0n) is 13.9. The van der Waals surface area contributed by atoms with Crippen LogP contribution < -0.4 is 0 Å². The van der Waals surface area contributed by atoms with Crippen molar-refractivity contribution in [3.05, 3.63) is 101 Å². The van der Waals surface area contributed by atoms with E-state index in [-0.39, 0.29) is 0 Å². The molecule has 0 aliphatic rings. The van der Waals surface area contributed by atoms with Gasteiger partial charge in [0.25, 0.3) is 0 Å². The van der Waals surface area contributed by atoms with E-state index in [1.807, 2.05) is 78.9 Å². The van der Waals surface area contributed by atoms with Crippen molar-refractivity contribution < 1.29 is 0 Å². The molecule has 0 fully saturated rings. The molecule has 4 rings (SSSR count). The van der Waals surface area contributed by atoms with Gasteiger partial charge >= 0.3 is 0 Å². The van der Waals surface area contributed by atoms with E-state index >= 15 is 0 Å². The zero-order valence-corrected chi connectivity index (χ0v) is 15.4. The molecule has 3 aromatic carbocycles. The number of hydrogen-bond donors (Lipinski definition) is 0. The molecule has 0 unspecified atom stereocenters. The van der Waals surface area contributed by atoms with Gasteiger partial charge in [-0.25, -0.2) is 4.98 Å². The van der Waals surface area contributed by atoms with Crippen LogP contribution in [0.4, 0.5) is 0 Å². The van der Waals surface area contributed by atoms with E-state index < -0.39 is 0 Å². The number of benzene rings is 3. The van der Waals surface area contributed by atoms with Crippen molar-refractivity contribution in [3.8, 4) is 33.6 Å². The summed E-state index contributed by atoms with van der Waals surface area (Å²) in [6.07, 6.45) is 0. The summed E-state index contributed by atoms with van der Waals surface area (Å²) < 4.78 is 0. The Balaban J connectivity index is 1.97. The minimum Gasteiger partial charge on any atom is -0.246 e. The first-order valence-electron chi connectivity index (χ1n) is 8.30. The van der Waals surface area contributed by atoms with Crippen LogP contribution in [0, 0.1) is 0 Å². The first-order chi connectivity index (χ1) is 12.7. The third-order valence-electron chi connectivity index (χ3n) is 4.23. The summed E-state index contributed by atoms with van der Waals surface area (Å²) in [5.41, 5.74) is 5.66. The fourth-order valence-electron chi connectivity index (χ4n) is 2.91. The van der Waals surface area contributed by atoms with E-state index in [1.165, 1.54) is 0 Å². The molecule has 0 bridgehead atoms. The van der Waals surface area contributed by atoms with Gasteiger partial charge in [-0.2, -0.15) is 0 Å². The Morgan fingerprint density at radius 2 is 1.15 bits per heavy atom. The second-order valence-electron chi connectivity index (χ2n) is 5.96. The average Bonchev–Trinajstić information content (AvgIpc) is 2.70. The Hall–Kier alpha value is -2.61. The van der Waals surface area contributed by atoms with Gasteiger partial charge in [0.1, 0.15) is 0 Å². The molecule has 3 heteroatoms. The van der Waals surface area contributed by atoms with Gasteiger partial charge in [0.05, 0.1) is 16.4 Å². The second kappa shape index (κ2) is 7.33. The van der Waals surface area contributed by atoms with Crippen LogP contribution in [0.3, 0.4) is 0 Å². The quantitative estimate of drug-likeness (QED) is 0.363. The van der Waals surface area contributed by atoms with Crippen molar-refractivity contribution >= 4 is 23.2 Å². The fourth-order valence-corrected chi connectivity index (χ4v) is 3.35.